The maximum Gasteiger partial charge on any atom is 0.330 e. The van der Waals surface area contributed by atoms with Gasteiger partial charge in [0, 0.05) is 26.2 Å². The Hall–Kier alpha value is -3.76. The summed E-state index contributed by atoms with van der Waals surface area (Å²) in [7, 11) is 0. The van der Waals surface area contributed by atoms with E-state index in [0.717, 1.165) is 9.13 Å². The molecular weight excluding hydrogens is 568 g/mol. The van der Waals surface area contributed by atoms with E-state index in [-0.39, 0.29) is 37.6 Å². The second-order valence-corrected chi connectivity index (χ2v) is 9.44. The summed E-state index contributed by atoms with van der Waals surface area (Å²) in [4.78, 5) is 54.7. The van der Waals surface area contributed by atoms with E-state index in [1.807, 2.05) is 0 Å². The number of aromatic amines is 2. The van der Waals surface area contributed by atoms with E-state index in [4.69, 9.17) is 21.7 Å². The summed E-state index contributed by atoms with van der Waals surface area (Å²) in [6.07, 6.45) is -9.52. The molecular formula is C22H38N8O12. The van der Waals surface area contributed by atoms with Gasteiger partial charge in [-0.05, 0) is 12.8 Å². The van der Waals surface area contributed by atoms with Gasteiger partial charge in [-0.1, -0.05) is 0 Å². The number of nitrogens with two attached hydrogens (primary N) is 2. The second-order valence-electron chi connectivity index (χ2n) is 9.44. The molecule has 2 heterocycles. The van der Waals surface area contributed by atoms with Crippen LogP contribution in [0.5, 0.6) is 0 Å². The zero-order valence-corrected chi connectivity index (χ0v) is 22.4. The summed E-state index contributed by atoms with van der Waals surface area (Å²) in [5.41, 5.74) is 7.27. The molecule has 2 rings (SSSR count). The minimum absolute atomic E-state index is 0.141. The van der Waals surface area contributed by atoms with Crippen molar-refractivity contribution in [1.29, 1.82) is 0 Å². The van der Waals surface area contributed by atoms with Gasteiger partial charge >= 0.3 is 11.4 Å². The molecule has 42 heavy (non-hydrogen) atoms. The topological polar surface area (TPSA) is 348 Å². The molecule has 0 saturated heterocycles. The SMILES string of the molecule is Nc1c(NC[C@H](O)[C@H](O)[C@H](O)CO)[nH]c(=O)n(CCCCn2c(=O)[nH]c(NC[C@H](O)[C@H](O)[C@H](O)CO)c(N)c2=O)c1=O. The van der Waals surface area contributed by atoms with Crippen molar-refractivity contribution < 1.29 is 40.9 Å². The summed E-state index contributed by atoms with van der Waals surface area (Å²) < 4.78 is 1.56. The van der Waals surface area contributed by atoms with Crippen LogP contribution in [0.2, 0.25) is 0 Å². The molecule has 2 aromatic rings. The fourth-order valence-corrected chi connectivity index (χ4v) is 3.78. The van der Waals surface area contributed by atoms with E-state index in [0.29, 0.717) is 0 Å². The predicted molar refractivity (Wildman–Crippen MR) is 148 cm³/mol. The Labute approximate surface area is 236 Å². The monoisotopic (exact) mass is 606 g/mol. The third kappa shape index (κ3) is 8.39. The molecule has 2 aromatic heterocycles. The molecule has 16 N–H and O–H groups in total. The number of H-pyrrole nitrogens is 2. The van der Waals surface area contributed by atoms with Gasteiger partial charge in [-0.25, -0.2) is 9.59 Å². The molecule has 0 bridgehead atoms. The molecule has 20 heteroatoms. The Bertz CT molecular complexity index is 1300. The van der Waals surface area contributed by atoms with Crippen LogP contribution in [0.1, 0.15) is 12.8 Å². The average molecular weight is 607 g/mol. The lowest BCUT2D eigenvalue weighted by Gasteiger charge is -2.22. The van der Waals surface area contributed by atoms with Gasteiger partial charge in [0.15, 0.2) is 0 Å². The van der Waals surface area contributed by atoms with Crippen LogP contribution in [0.15, 0.2) is 19.2 Å². The minimum atomic E-state index is -1.71. The van der Waals surface area contributed by atoms with Gasteiger partial charge in [0.25, 0.3) is 11.1 Å². The third-order valence-corrected chi connectivity index (χ3v) is 6.38. The molecule has 0 radical (unpaired) electrons. The highest BCUT2D eigenvalue weighted by atomic mass is 16.4. The van der Waals surface area contributed by atoms with E-state index in [9.17, 15) is 49.8 Å². The van der Waals surface area contributed by atoms with E-state index >= 15 is 0 Å². The normalized spacial score (nSPS) is 15.9. The molecule has 0 unspecified atom stereocenters. The number of rotatable bonds is 17. The largest absolute Gasteiger partial charge is 0.394 e. The van der Waals surface area contributed by atoms with Crippen LogP contribution in [0.25, 0.3) is 0 Å². The first-order chi connectivity index (χ1) is 19.7. The fourth-order valence-electron chi connectivity index (χ4n) is 3.78. The first-order valence-electron chi connectivity index (χ1n) is 12.8. The van der Waals surface area contributed by atoms with Crippen molar-refractivity contribution in [3.05, 3.63) is 41.7 Å². The molecule has 20 nitrogen and oxygen atoms in total. The van der Waals surface area contributed by atoms with Crippen LogP contribution in [0.4, 0.5) is 23.0 Å². The molecule has 0 fully saturated rings. The molecule has 0 aromatic carbocycles. The summed E-state index contributed by atoms with van der Waals surface area (Å²) in [5.74, 6) is -0.472. The van der Waals surface area contributed by atoms with Crippen molar-refractivity contribution in [3.63, 3.8) is 0 Å². The number of aliphatic hydroxyl groups excluding tert-OH is 8. The van der Waals surface area contributed by atoms with Gasteiger partial charge in [-0.2, -0.15) is 0 Å². The summed E-state index contributed by atoms with van der Waals surface area (Å²) in [5, 5.41) is 80.5. The molecule has 0 spiro atoms. The van der Waals surface area contributed by atoms with Crippen molar-refractivity contribution >= 4 is 23.0 Å². The average Bonchev–Trinajstić information content (AvgIpc) is 2.98. The number of anilines is 4. The van der Waals surface area contributed by atoms with Crippen molar-refractivity contribution in [3.8, 4) is 0 Å². The van der Waals surface area contributed by atoms with Crippen molar-refractivity contribution in [2.45, 2.75) is 62.6 Å². The van der Waals surface area contributed by atoms with Crippen LogP contribution in [0, 0.1) is 0 Å². The van der Waals surface area contributed by atoms with Gasteiger partial charge in [0.1, 0.15) is 47.4 Å². The standard InChI is InChI=1S/C22H38N8O12/c23-13-17(25-5-9(33)15(37)11(35)7-31)27-21(41)29(19(13)39)3-1-2-4-30-20(40)14(24)18(28-22(30)42)26-6-10(34)16(38)12(36)8-32/h9-12,15-16,25-26,31-38H,1-8,23-24H2,(H,27,41)(H,28,42)/t9-,10-,11+,12+,15-,16-/m0/s1. The number of nitrogens with one attached hydrogen (secondary N) is 4. The number of hydrogen-bond acceptors (Lipinski definition) is 16. The number of nitrogen functional groups attached to an aromatic ring is 2. The lowest BCUT2D eigenvalue weighted by Crippen LogP contribution is -2.44. The molecule has 0 saturated carbocycles. The van der Waals surface area contributed by atoms with Crippen LogP contribution < -0.4 is 44.6 Å². The molecule has 6 atom stereocenters. The molecule has 0 aliphatic rings. The van der Waals surface area contributed by atoms with Crippen LogP contribution in [0.3, 0.4) is 0 Å². The maximum absolute atomic E-state index is 12.6. The Morgan fingerprint density at radius 1 is 0.619 bits per heavy atom. The summed E-state index contributed by atoms with van der Waals surface area (Å²) in [6, 6.07) is 0. The van der Waals surface area contributed by atoms with Crippen molar-refractivity contribution in [2.24, 2.45) is 0 Å². The van der Waals surface area contributed by atoms with Gasteiger partial charge in [-0.15, -0.1) is 0 Å². The second kappa shape index (κ2) is 15.5. The molecule has 0 aliphatic heterocycles. The smallest absolute Gasteiger partial charge is 0.330 e. The molecule has 0 aliphatic carbocycles. The first kappa shape index (κ1) is 34.4. The fraction of sp³-hybridized carbons (Fsp3) is 0.636. The Morgan fingerprint density at radius 3 is 1.26 bits per heavy atom. The van der Waals surface area contributed by atoms with Gasteiger partial charge in [0.05, 0.1) is 25.4 Å². The number of hydrogen-bond donors (Lipinski definition) is 14. The lowest BCUT2D eigenvalue weighted by molar-refractivity contribution is -0.0715. The summed E-state index contributed by atoms with van der Waals surface area (Å²) >= 11 is 0. The highest BCUT2D eigenvalue weighted by molar-refractivity contribution is 5.59. The van der Waals surface area contributed by atoms with E-state index in [1.165, 1.54) is 0 Å². The Kier molecular flexibility index (Phi) is 12.7. The van der Waals surface area contributed by atoms with Gasteiger partial charge in [-0.3, -0.25) is 28.7 Å². The van der Waals surface area contributed by atoms with Crippen LogP contribution in [-0.4, -0.2) is 123 Å². The zero-order valence-electron chi connectivity index (χ0n) is 22.4. The first-order valence-corrected chi connectivity index (χ1v) is 12.8. The zero-order chi connectivity index (χ0) is 31.7. The maximum atomic E-state index is 12.6. The predicted octanol–water partition coefficient (Wildman–Crippen LogP) is -6.99. The highest BCUT2D eigenvalue weighted by Gasteiger charge is 2.25. The minimum Gasteiger partial charge on any atom is -0.394 e. The van der Waals surface area contributed by atoms with Crippen LogP contribution in [-0.2, 0) is 13.1 Å². The number of unbranched alkanes of at least 4 members (excludes halogenated alkanes) is 1. The molecule has 238 valence electrons. The Balaban J connectivity index is 2.02. The van der Waals surface area contributed by atoms with E-state index < -0.39 is 96.8 Å². The van der Waals surface area contributed by atoms with E-state index in [1.54, 1.807) is 0 Å². The van der Waals surface area contributed by atoms with Crippen LogP contribution >= 0.6 is 0 Å². The quantitative estimate of drug-likeness (QED) is 0.0743. The van der Waals surface area contributed by atoms with Crippen molar-refractivity contribution in [1.82, 2.24) is 19.1 Å². The van der Waals surface area contributed by atoms with Gasteiger partial charge < -0.3 is 63.0 Å². The number of nitrogens with zero attached hydrogens (tertiary/aromatic N) is 2. The lowest BCUT2D eigenvalue weighted by atomic mass is 10.1. The summed E-state index contributed by atoms with van der Waals surface area (Å²) in [6.45, 7) is -2.77. The number of aromatic nitrogens is 4. The van der Waals surface area contributed by atoms with Crippen molar-refractivity contribution in [2.75, 3.05) is 48.4 Å². The molecule has 0 amide bonds. The Morgan fingerprint density at radius 2 is 0.952 bits per heavy atom. The van der Waals surface area contributed by atoms with Gasteiger partial charge in [0.2, 0.25) is 0 Å². The third-order valence-electron chi connectivity index (χ3n) is 6.38. The highest BCUT2D eigenvalue weighted by Crippen LogP contribution is 2.10. The number of aliphatic hydroxyl groups is 8. The van der Waals surface area contributed by atoms with E-state index in [2.05, 4.69) is 20.6 Å².